The number of rotatable bonds is 3. The van der Waals surface area contributed by atoms with E-state index in [4.69, 9.17) is 11.6 Å². The number of likely N-dealkylation sites (tertiary alicyclic amines) is 1. The van der Waals surface area contributed by atoms with Gasteiger partial charge in [-0.25, -0.2) is 23.2 Å². The van der Waals surface area contributed by atoms with Crippen LogP contribution in [0.3, 0.4) is 0 Å². The van der Waals surface area contributed by atoms with Gasteiger partial charge in [0.1, 0.15) is 17.0 Å². The fourth-order valence-electron chi connectivity index (χ4n) is 3.97. The first-order valence-corrected chi connectivity index (χ1v) is 9.84. The lowest BCUT2D eigenvalue weighted by molar-refractivity contribution is -0.183. The number of nitrogens with zero attached hydrogens (tertiary/aromatic N) is 5. The number of amides is 1. The van der Waals surface area contributed by atoms with Gasteiger partial charge in [-0.05, 0) is 18.1 Å². The van der Waals surface area contributed by atoms with Crippen molar-refractivity contribution in [3.8, 4) is 0 Å². The molecular formula is C18H17ClF5N5O2. The normalized spacial score (nSPS) is 23.1. The third kappa shape index (κ3) is 4.30. The number of alkyl halides is 5. The maximum Gasteiger partial charge on any atom is 0.392 e. The number of halogens is 6. The van der Waals surface area contributed by atoms with Gasteiger partial charge in [-0.2, -0.15) is 18.3 Å². The van der Waals surface area contributed by atoms with Crippen LogP contribution in [0, 0.1) is 5.92 Å². The van der Waals surface area contributed by atoms with E-state index >= 15 is 0 Å². The SMILES string of the molecule is O=C(C1CC(C(F)(F)F)Cc2nn(Cc3ccc(Cl)nc3)c(=O)n21)N1CCC(F)(F)C1. The van der Waals surface area contributed by atoms with E-state index < -0.39 is 61.5 Å². The highest BCUT2D eigenvalue weighted by Crippen LogP contribution is 2.39. The molecule has 31 heavy (non-hydrogen) atoms. The Kier molecular flexibility index (Phi) is 5.31. The van der Waals surface area contributed by atoms with E-state index in [1.165, 1.54) is 12.3 Å². The van der Waals surface area contributed by atoms with Crippen LogP contribution in [0.1, 0.15) is 30.3 Å². The van der Waals surface area contributed by atoms with Crippen molar-refractivity contribution in [2.24, 2.45) is 5.92 Å². The molecule has 0 aliphatic carbocycles. The molecule has 2 aromatic rings. The number of hydrogen-bond acceptors (Lipinski definition) is 4. The van der Waals surface area contributed by atoms with Gasteiger partial charge in [0.15, 0.2) is 0 Å². The molecule has 0 radical (unpaired) electrons. The minimum atomic E-state index is -4.63. The maximum atomic E-state index is 13.6. The largest absolute Gasteiger partial charge is 0.392 e. The average Bonchev–Trinajstić information content (AvgIpc) is 3.21. The van der Waals surface area contributed by atoms with Crippen molar-refractivity contribution in [2.75, 3.05) is 13.1 Å². The highest BCUT2D eigenvalue weighted by molar-refractivity contribution is 6.29. The molecular weight excluding hydrogens is 449 g/mol. The Morgan fingerprint density at radius 2 is 2.03 bits per heavy atom. The lowest BCUT2D eigenvalue weighted by atomic mass is 9.91. The summed E-state index contributed by atoms with van der Waals surface area (Å²) in [4.78, 5) is 30.5. The minimum Gasteiger partial charge on any atom is -0.335 e. The fraction of sp³-hybridized carbons (Fsp3) is 0.556. The van der Waals surface area contributed by atoms with Gasteiger partial charge in [0.05, 0.1) is 19.0 Å². The summed E-state index contributed by atoms with van der Waals surface area (Å²) < 4.78 is 69.4. The first-order valence-electron chi connectivity index (χ1n) is 9.46. The monoisotopic (exact) mass is 465 g/mol. The second kappa shape index (κ2) is 7.57. The highest BCUT2D eigenvalue weighted by atomic mass is 35.5. The summed E-state index contributed by atoms with van der Waals surface area (Å²) in [6.45, 7) is -1.26. The molecule has 168 valence electrons. The second-order valence-electron chi connectivity index (χ2n) is 7.78. The number of aromatic nitrogens is 4. The summed E-state index contributed by atoms with van der Waals surface area (Å²) in [5.41, 5.74) is -0.258. The first-order chi connectivity index (χ1) is 14.4. The molecule has 2 unspecified atom stereocenters. The quantitative estimate of drug-likeness (QED) is 0.516. The molecule has 7 nitrogen and oxygen atoms in total. The van der Waals surface area contributed by atoms with Crippen molar-refractivity contribution < 1.29 is 26.7 Å². The lowest BCUT2D eigenvalue weighted by Gasteiger charge is -2.32. The Bertz CT molecular complexity index is 1050. The third-order valence-electron chi connectivity index (χ3n) is 5.54. The molecule has 0 saturated carbocycles. The summed E-state index contributed by atoms with van der Waals surface area (Å²) in [5, 5.41) is 4.23. The van der Waals surface area contributed by atoms with E-state index in [-0.39, 0.29) is 24.1 Å². The molecule has 4 rings (SSSR count). The van der Waals surface area contributed by atoms with E-state index in [1.807, 2.05) is 0 Å². The van der Waals surface area contributed by atoms with Gasteiger partial charge in [0, 0.05) is 25.6 Å². The van der Waals surface area contributed by atoms with E-state index in [0.29, 0.717) is 5.56 Å². The number of fused-ring (bicyclic) bond motifs is 1. The Morgan fingerprint density at radius 3 is 2.61 bits per heavy atom. The highest BCUT2D eigenvalue weighted by Gasteiger charge is 2.50. The predicted molar refractivity (Wildman–Crippen MR) is 97.9 cm³/mol. The summed E-state index contributed by atoms with van der Waals surface area (Å²) >= 11 is 5.72. The maximum absolute atomic E-state index is 13.6. The number of hydrogen-bond donors (Lipinski definition) is 0. The van der Waals surface area contributed by atoms with Crippen molar-refractivity contribution in [2.45, 2.75) is 43.9 Å². The van der Waals surface area contributed by atoms with Crippen LogP contribution < -0.4 is 5.69 Å². The van der Waals surface area contributed by atoms with Gasteiger partial charge in [-0.1, -0.05) is 17.7 Å². The molecule has 2 aromatic heterocycles. The summed E-state index contributed by atoms with van der Waals surface area (Å²) in [6, 6.07) is 1.51. The zero-order valence-electron chi connectivity index (χ0n) is 15.9. The molecule has 2 aliphatic rings. The zero-order valence-corrected chi connectivity index (χ0v) is 16.7. The Morgan fingerprint density at radius 1 is 1.29 bits per heavy atom. The van der Waals surface area contributed by atoms with Crippen molar-refractivity contribution in [1.29, 1.82) is 0 Å². The fourth-order valence-corrected chi connectivity index (χ4v) is 4.08. The van der Waals surface area contributed by atoms with Crippen molar-refractivity contribution in [3.05, 3.63) is 45.4 Å². The molecule has 4 heterocycles. The van der Waals surface area contributed by atoms with Crippen molar-refractivity contribution >= 4 is 17.5 Å². The van der Waals surface area contributed by atoms with E-state index in [1.54, 1.807) is 6.07 Å². The van der Waals surface area contributed by atoms with E-state index in [0.717, 1.165) is 14.1 Å². The van der Waals surface area contributed by atoms with Crippen LogP contribution in [-0.4, -0.2) is 55.3 Å². The van der Waals surface area contributed by atoms with Crippen LogP contribution in [0.25, 0.3) is 0 Å². The van der Waals surface area contributed by atoms with Gasteiger partial charge >= 0.3 is 11.9 Å². The Balaban J connectivity index is 1.69. The predicted octanol–water partition coefficient (Wildman–Crippen LogP) is 2.67. The molecule has 0 bridgehead atoms. The number of carbonyl (C=O) groups excluding carboxylic acids is 1. The van der Waals surface area contributed by atoms with Crippen LogP contribution in [0.4, 0.5) is 22.0 Å². The molecule has 0 aromatic carbocycles. The summed E-state index contributed by atoms with van der Waals surface area (Å²) in [5.74, 6) is -6.15. The molecule has 13 heteroatoms. The van der Waals surface area contributed by atoms with Gasteiger partial charge in [-0.15, -0.1) is 0 Å². The average molecular weight is 466 g/mol. The number of carbonyl (C=O) groups is 1. The Labute approximate surface area is 177 Å². The van der Waals surface area contributed by atoms with Crippen LogP contribution in [0.15, 0.2) is 23.1 Å². The van der Waals surface area contributed by atoms with Crippen LogP contribution in [0.5, 0.6) is 0 Å². The van der Waals surface area contributed by atoms with Crippen LogP contribution >= 0.6 is 11.6 Å². The van der Waals surface area contributed by atoms with Gasteiger partial charge in [-0.3, -0.25) is 9.36 Å². The minimum absolute atomic E-state index is 0.0949. The number of pyridine rings is 1. The summed E-state index contributed by atoms with van der Waals surface area (Å²) in [7, 11) is 0. The standard InChI is InChI=1S/C18H17ClF5N5O2/c19-13-2-1-10(7-25-13)8-28-16(31)29-12(15(30)27-4-3-17(20,21)9-27)5-11(18(22,23)24)6-14(29)26-28/h1-2,7,11-12H,3-6,8-9H2. The van der Waals surface area contributed by atoms with Crippen molar-refractivity contribution in [1.82, 2.24) is 24.2 Å². The summed E-state index contributed by atoms with van der Waals surface area (Å²) in [6.07, 6.45) is -5.09. The van der Waals surface area contributed by atoms with Crippen LogP contribution in [-0.2, 0) is 17.8 Å². The molecule has 2 aliphatic heterocycles. The molecule has 0 spiro atoms. The third-order valence-corrected chi connectivity index (χ3v) is 5.76. The van der Waals surface area contributed by atoms with E-state index in [9.17, 15) is 31.5 Å². The molecule has 1 saturated heterocycles. The lowest BCUT2D eigenvalue weighted by Crippen LogP contribution is -2.46. The molecule has 1 fully saturated rings. The Hall–Kier alpha value is -2.50. The molecule has 2 atom stereocenters. The first kappa shape index (κ1) is 21.7. The zero-order chi connectivity index (χ0) is 22.6. The smallest absolute Gasteiger partial charge is 0.335 e. The van der Waals surface area contributed by atoms with Crippen LogP contribution in [0.2, 0.25) is 5.15 Å². The van der Waals surface area contributed by atoms with Gasteiger partial charge < -0.3 is 4.90 Å². The van der Waals surface area contributed by atoms with Gasteiger partial charge in [0.2, 0.25) is 5.91 Å². The second-order valence-corrected chi connectivity index (χ2v) is 8.16. The van der Waals surface area contributed by atoms with E-state index in [2.05, 4.69) is 10.1 Å². The van der Waals surface area contributed by atoms with Crippen molar-refractivity contribution in [3.63, 3.8) is 0 Å². The van der Waals surface area contributed by atoms with Gasteiger partial charge in [0.25, 0.3) is 5.92 Å². The molecule has 0 N–H and O–H groups in total. The molecule has 1 amide bonds. The topological polar surface area (TPSA) is 73.0 Å².